The molecule has 1 rings (SSSR count). The molecule has 0 atom stereocenters. The van der Waals surface area contributed by atoms with Crippen LogP contribution < -0.4 is 0 Å². The summed E-state index contributed by atoms with van der Waals surface area (Å²) < 4.78 is 57.4. The predicted molar refractivity (Wildman–Crippen MR) is 64.5 cm³/mol. The van der Waals surface area contributed by atoms with Gasteiger partial charge in [0, 0.05) is 5.41 Å². The Balaban J connectivity index is 2.70. The van der Waals surface area contributed by atoms with E-state index in [1.165, 1.54) is 6.92 Å². The lowest BCUT2D eigenvalue weighted by atomic mass is 9.97. The van der Waals surface area contributed by atoms with Crippen LogP contribution in [0.1, 0.15) is 20.8 Å². The quantitative estimate of drug-likeness (QED) is 0.345. The standard InChI is InChI=1S/C11H16F3O5P/c1-4-16-9(15)5-8(11(12,13)14)19-20-17-6-10(2,3)7-18-20/h5H,4,6-7H2,1-3H3/b8-5+. The summed E-state index contributed by atoms with van der Waals surface area (Å²) in [5.41, 5.74) is -0.286. The van der Waals surface area contributed by atoms with Crippen molar-refractivity contribution in [3.05, 3.63) is 11.8 Å². The highest BCUT2D eigenvalue weighted by atomic mass is 31.2. The van der Waals surface area contributed by atoms with Crippen LogP contribution in [0.4, 0.5) is 13.2 Å². The Labute approximate surface area is 116 Å². The maximum atomic E-state index is 12.7. The van der Waals surface area contributed by atoms with Crippen molar-refractivity contribution in [2.75, 3.05) is 19.8 Å². The molecule has 9 heteroatoms. The van der Waals surface area contributed by atoms with Crippen LogP contribution in [-0.4, -0.2) is 32.0 Å². The van der Waals surface area contributed by atoms with E-state index in [1.807, 2.05) is 13.8 Å². The summed E-state index contributed by atoms with van der Waals surface area (Å²) in [6.07, 6.45) is -4.58. The molecule has 0 spiro atoms. The highest BCUT2D eigenvalue weighted by Gasteiger charge is 2.41. The first-order chi connectivity index (χ1) is 9.14. The second-order valence-electron chi connectivity index (χ2n) is 4.78. The number of carbonyl (C=O) groups is 1. The molecule has 0 saturated carbocycles. The Morgan fingerprint density at radius 1 is 1.35 bits per heavy atom. The van der Waals surface area contributed by atoms with Gasteiger partial charge in [-0.3, -0.25) is 0 Å². The number of rotatable bonds is 4. The Morgan fingerprint density at radius 2 is 1.90 bits per heavy atom. The predicted octanol–water partition coefficient (Wildman–Crippen LogP) is 3.31. The van der Waals surface area contributed by atoms with Crippen molar-refractivity contribution in [1.29, 1.82) is 0 Å². The van der Waals surface area contributed by atoms with E-state index in [4.69, 9.17) is 9.05 Å². The molecule has 116 valence electrons. The van der Waals surface area contributed by atoms with Gasteiger partial charge in [0.1, 0.15) is 0 Å². The molecule has 1 fully saturated rings. The van der Waals surface area contributed by atoms with E-state index in [-0.39, 0.29) is 31.3 Å². The summed E-state index contributed by atoms with van der Waals surface area (Å²) >= 11 is 0. The average molecular weight is 316 g/mol. The second kappa shape index (κ2) is 6.74. The number of hydrogen-bond donors (Lipinski definition) is 0. The fourth-order valence-corrected chi connectivity index (χ4v) is 2.52. The van der Waals surface area contributed by atoms with E-state index in [0.29, 0.717) is 0 Å². The van der Waals surface area contributed by atoms with Gasteiger partial charge < -0.3 is 18.3 Å². The third-order valence-corrected chi connectivity index (χ3v) is 3.13. The first kappa shape index (κ1) is 17.2. The molecule has 0 aromatic rings. The number of carbonyl (C=O) groups excluding carboxylic acids is 1. The van der Waals surface area contributed by atoms with Crippen LogP contribution in [0.5, 0.6) is 0 Å². The number of alkyl halides is 3. The van der Waals surface area contributed by atoms with Gasteiger partial charge in [-0.1, -0.05) is 13.8 Å². The van der Waals surface area contributed by atoms with Gasteiger partial charge in [0.25, 0.3) is 0 Å². The van der Waals surface area contributed by atoms with Crippen LogP contribution in [-0.2, 0) is 23.1 Å². The molecule has 0 unspecified atom stereocenters. The molecule has 1 heterocycles. The van der Waals surface area contributed by atoms with Crippen molar-refractivity contribution in [1.82, 2.24) is 0 Å². The van der Waals surface area contributed by atoms with Gasteiger partial charge in [0.05, 0.1) is 25.9 Å². The molecular formula is C11H16F3O5P. The Morgan fingerprint density at radius 3 is 2.35 bits per heavy atom. The topological polar surface area (TPSA) is 54.0 Å². The lowest BCUT2D eigenvalue weighted by molar-refractivity contribution is -0.140. The zero-order chi connectivity index (χ0) is 15.4. The summed E-state index contributed by atoms with van der Waals surface area (Å²) in [6.45, 7) is 5.57. The molecule has 0 bridgehead atoms. The molecule has 1 aliphatic heterocycles. The van der Waals surface area contributed by atoms with Crippen LogP contribution in [0.2, 0.25) is 0 Å². The zero-order valence-electron chi connectivity index (χ0n) is 11.3. The van der Waals surface area contributed by atoms with Crippen molar-refractivity contribution in [2.24, 2.45) is 5.41 Å². The monoisotopic (exact) mass is 316 g/mol. The van der Waals surface area contributed by atoms with Crippen molar-refractivity contribution >= 4 is 14.6 Å². The Kier molecular flexibility index (Phi) is 5.79. The number of halogens is 3. The summed E-state index contributed by atoms with van der Waals surface area (Å²) in [6, 6.07) is 0. The summed E-state index contributed by atoms with van der Waals surface area (Å²) in [7, 11) is -2.17. The van der Waals surface area contributed by atoms with Crippen molar-refractivity contribution in [2.45, 2.75) is 26.9 Å². The van der Waals surface area contributed by atoms with E-state index in [2.05, 4.69) is 9.26 Å². The smallest absolute Gasteiger partial charge is 0.449 e. The molecule has 1 aliphatic rings. The fourth-order valence-electron chi connectivity index (χ4n) is 1.12. The maximum absolute atomic E-state index is 12.7. The van der Waals surface area contributed by atoms with Crippen LogP contribution >= 0.6 is 8.60 Å². The van der Waals surface area contributed by atoms with Crippen molar-refractivity contribution in [3.8, 4) is 0 Å². The van der Waals surface area contributed by atoms with Gasteiger partial charge in [0.2, 0.25) is 5.76 Å². The van der Waals surface area contributed by atoms with Gasteiger partial charge in [-0.25, -0.2) is 4.79 Å². The maximum Gasteiger partial charge on any atom is 0.449 e. The molecule has 0 N–H and O–H groups in total. The minimum atomic E-state index is -4.82. The van der Waals surface area contributed by atoms with Crippen LogP contribution in [0, 0.1) is 5.41 Å². The lowest BCUT2D eigenvalue weighted by Gasteiger charge is -2.32. The Hall–Kier alpha value is -0.850. The third-order valence-electron chi connectivity index (χ3n) is 2.11. The molecule has 0 aromatic carbocycles. The lowest BCUT2D eigenvalue weighted by Crippen LogP contribution is -2.29. The SMILES string of the molecule is CCOC(=O)/C=C(/OP1OCC(C)(C)CO1)C(F)(F)F. The van der Waals surface area contributed by atoms with Gasteiger partial charge in [-0.15, -0.1) is 0 Å². The van der Waals surface area contributed by atoms with E-state index in [9.17, 15) is 18.0 Å². The normalized spacial score (nSPS) is 20.6. The van der Waals surface area contributed by atoms with Gasteiger partial charge >= 0.3 is 20.7 Å². The van der Waals surface area contributed by atoms with Gasteiger partial charge in [-0.05, 0) is 6.92 Å². The van der Waals surface area contributed by atoms with Crippen LogP contribution in [0.3, 0.4) is 0 Å². The third kappa shape index (κ3) is 5.64. The first-order valence-electron chi connectivity index (χ1n) is 5.83. The molecule has 0 radical (unpaired) electrons. The first-order valence-corrected chi connectivity index (χ1v) is 6.93. The summed E-state index contributed by atoms with van der Waals surface area (Å²) in [4.78, 5) is 11.1. The molecule has 1 saturated heterocycles. The van der Waals surface area contributed by atoms with E-state index < -0.39 is 26.5 Å². The molecule has 5 nitrogen and oxygen atoms in total. The fraction of sp³-hybridized carbons (Fsp3) is 0.727. The minimum Gasteiger partial charge on any atom is -0.463 e. The highest BCUT2D eigenvalue weighted by Crippen LogP contribution is 2.50. The van der Waals surface area contributed by atoms with Crippen LogP contribution in [0.15, 0.2) is 11.8 Å². The zero-order valence-corrected chi connectivity index (χ0v) is 12.2. The van der Waals surface area contributed by atoms with Gasteiger partial charge in [-0.2, -0.15) is 13.2 Å². The number of allylic oxidation sites excluding steroid dienone is 1. The van der Waals surface area contributed by atoms with Gasteiger partial charge in [0.15, 0.2) is 0 Å². The molecular weight excluding hydrogens is 300 g/mol. The second-order valence-corrected chi connectivity index (χ2v) is 5.93. The minimum absolute atomic E-state index is 0.0313. The summed E-state index contributed by atoms with van der Waals surface area (Å²) in [5.74, 6) is -2.62. The highest BCUT2D eigenvalue weighted by molar-refractivity contribution is 7.41. The van der Waals surface area contributed by atoms with E-state index in [1.54, 1.807) is 0 Å². The Bertz CT molecular complexity index is 371. The largest absolute Gasteiger partial charge is 0.463 e. The number of hydrogen-bond acceptors (Lipinski definition) is 5. The molecule has 0 amide bonds. The number of ether oxygens (including phenoxy) is 1. The summed E-state index contributed by atoms with van der Waals surface area (Å²) in [5, 5.41) is 0. The molecule has 20 heavy (non-hydrogen) atoms. The molecule has 0 aromatic heterocycles. The van der Waals surface area contributed by atoms with Crippen molar-refractivity contribution < 1.29 is 36.3 Å². The van der Waals surface area contributed by atoms with E-state index in [0.717, 1.165) is 0 Å². The van der Waals surface area contributed by atoms with Crippen LogP contribution in [0.25, 0.3) is 0 Å². The molecule has 0 aliphatic carbocycles. The number of esters is 1. The van der Waals surface area contributed by atoms with Crippen molar-refractivity contribution in [3.63, 3.8) is 0 Å². The van der Waals surface area contributed by atoms with E-state index >= 15 is 0 Å². The average Bonchev–Trinajstić information content (AvgIpc) is 2.30.